The summed E-state index contributed by atoms with van der Waals surface area (Å²) < 4.78 is 5.60. The fraction of sp³-hybridized carbons (Fsp3) is 0.172. The summed E-state index contributed by atoms with van der Waals surface area (Å²) in [4.78, 5) is 38.1. The molecule has 0 spiro atoms. The Kier molecular flexibility index (Phi) is 7.36. The number of aromatic nitrogens is 2. The maximum absolute atomic E-state index is 12.5. The molecule has 0 atom stereocenters. The van der Waals surface area contributed by atoms with E-state index in [1.54, 1.807) is 42.5 Å². The van der Waals surface area contributed by atoms with E-state index in [1.165, 1.54) is 12.0 Å². The molecule has 0 saturated carbocycles. The quantitative estimate of drug-likeness (QED) is 0.371. The fourth-order valence-electron chi connectivity index (χ4n) is 4.21. The second kappa shape index (κ2) is 11.3. The van der Waals surface area contributed by atoms with Crippen LogP contribution in [0.5, 0.6) is 5.75 Å². The highest BCUT2D eigenvalue weighted by Gasteiger charge is 2.19. The van der Waals surface area contributed by atoms with Crippen molar-refractivity contribution in [3.8, 4) is 5.75 Å². The van der Waals surface area contributed by atoms with Crippen LogP contribution in [0.1, 0.15) is 15.9 Å². The van der Waals surface area contributed by atoms with Gasteiger partial charge >= 0.3 is 0 Å². The predicted octanol–water partition coefficient (Wildman–Crippen LogP) is 4.05. The Morgan fingerprint density at radius 1 is 0.757 bits per heavy atom. The van der Waals surface area contributed by atoms with Crippen molar-refractivity contribution in [1.29, 1.82) is 0 Å². The molecule has 0 unspecified atom stereocenters. The van der Waals surface area contributed by atoms with Crippen molar-refractivity contribution in [3.05, 3.63) is 108 Å². The number of anilines is 3. The number of piperazine rings is 1. The summed E-state index contributed by atoms with van der Waals surface area (Å²) in [6, 6.07) is 28.0. The lowest BCUT2D eigenvalue weighted by molar-refractivity contribution is -0.118. The second-order valence-electron chi connectivity index (χ2n) is 8.63. The van der Waals surface area contributed by atoms with Gasteiger partial charge in [0.05, 0.1) is 0 Å². The monoisotopic (exact) mass is 493 g/mol. The zero-order valence-corrected chi connectivity index (χ0v) is 20.3. The van der Waals surface area contributed by atoms with Gasteiger partial charge in [-0.15, -0.1) is 0 Å². The van der Waals surface area contributed by atoms with Gasteiger partial charge in [0.2, 0.25) is 0 Å². The normalized spacial score (nSPS) is 13.2. The first-order valence-electron chi connectivity index (χ1n) is 12.2. The Labute approximate surface area is 215 Å². The first-order valence-corrected chi connectivity index (χ1v) is 12.2. The van der Waals surface area contributed by atoms with Crippen molar-refractivity contribution >= 4 is 29.0 Å². The van der Waals surface area contributed by atoms with Gasteiger partial charge in [-0.25, -0.2) is 9.97 Å². The third-order valence-corrected chi connectivity index (χ3v) is 6.17. The summed E-state index contributed by atoms with van der Waals surface area (Å²) in [5.74, 6) is 1.30. The van der Waals surface area contributed by atoms with Crippen LogP contribution in [0.25, 0.3) is 0 Å². The number of hydrogen-bond acceptors (Lipinski definition) is 7. The van der Waals surface area contributed by atoms with E-state index in [0.717, 1.165) is 32.0 Å². The molecule has 4 aromatic rings. The van der Waals surface area contributed by atoms with Gasteiger partial charge in [-0.05, 0) is 36.4 Å². The number of carbonyl (C=O) groups is 2. The smallest absolute Gasteiger partial charge is 0.263 e. The van der Waals surface area contributed by atoms with Crippen LogP contribution >= 0.6 is 0 Å². The number of amides is 1. The summed E-state index contributed by atoms with van der Waals surface area (Å²) >= 11 is 0. The van der Waals surface area contributed by atoms with Crippen LogP contribution in [0.15, 0.2) is 97.3 Å². The first kappa shape index (κ1) is 24.0. The molecule has 1 fully saturated rings. The molecule has 1 aromatic heterocycles. The Morgan fingerprint density at radius 3 is 2.08 bits per heavy atom. The van der Waals surface area contributed by atoms with Crippen molar-refractivity contribution in [3.63, 3.8) is 0 Å². The van der Waals surface area contributed by atoms with Gasteiger partial charge in [0.15, 0.2) is 12.4 Å². The summed E-state index contributed by atoms with van der Waals surface area (Å²) in [7, 11) is 0. The zero-order chi connectivity index (χ0) is 25.5. The summed E-state index contributed by atoms with van der Waals surface area (Å²) in [6.07, 6.45) is 1.46. The predicted molar refractivity (Wildman–Crippen MR) is 143 cm³/mol. The average molecular weight is 494 g/mol. The number of rotatable bonds is 8. The molecular formula is C29H27N5O3. The minimum Gasteiger partial charge on any atom is -0.484 e. The second-order valence-corrected chi connectivity index (χ2v) is 8.63. The SMILES string of the molecule is O=C(COc1ccc(C(=O)c2ccccc2)cc1)Nc1cc(N2CCN(c3ccccc3)CC2)ncn1. The van der Waals surface area contributed by atoms with Gasteiger partial charge in [0, 0.05) is 49.1 Å². The maximum atomic E-state index is 12.5. The number of para-hydroxylation sites is 1. The maximum Gasteiger partial charge on any atom is 0.263 e. The molecule has 1 aliphatic rings. The molecule has 8 heteroatoms. The van der Waals surface area contributed by atoms with E-state index in [9.17, 15) is 9.59 Å². The molecule has 8 nitrogen and oxygen atoms in total. The van der Waals surface area contributed by atoms with E-state index in [0.29, 0.717) is 22.7 Å². The lowest BCUT2D eigenvalue weighted by atomic mass is 10.0. The van der Waals surface area contributed by atoms with Crippen molar-refractivity contribution in [2.45, 2.75) is 0 Å². The minimum absolute atomic E-state index is 0.0639. The Morgan fingerprint density at radius 2 is 1.38 bits per heavy atom. The zero-order valence-electron chi connectivity index (χ0n) is 20.3. The number of nitrogens with zero attached hydrogens (tertiary/aromatic N) is 4. The van der Waals surface area contributed by atoms with Gasteiger partial charge < -0.3 is 19.9 Å². The van der Waals surface area contributed by atoms with Crippen LogP contribution in [-0.2, 0) is 4.79 Å². The molecule has 1 aliphatic heterocycles. The molecule has 0 radical (unpaired) electrons. The van der Waals surface area contributed by atoms with Gasteiger partial charge in [0.1, 0.15) is 23.7 Å². The van der Waals surface area contributed by atoms with E-state index in [-0.39, 0.29) is 18.3 Å². The van der Waals surface area contributed by atoms with E-state index in [1.807, 2.05) is 36.4 Å². The molecule has 0 aliphatic carbocycles. The topological polar surface area (TPSA) is 87.7 Å². The highest BCUT2D eigenvalue weighted by molar-refractivity contribution is 6.09. The molecule has 1 saturated heterocycles. The van der Waals surface area contributed by atoms with Crippen LogP contribution in [0.3, 0.4) is 0 Å². The van der Waals surface area contributed by atoms with Crippen molar-refractivity contribution in [2.75, 3.05) is 47.9 Å². The minimum atomic E-state index is -0.331. The van der Waals surface area contributed by atoms with Crippen molar-refractivity contribution in [1.82, 2.24) is 9.97 Å². The fourth-order valence-corrected chi connectivity index (χ4v) is 4.21. The molecule has 37 heavy (non-hydrogen) atoms. The van der Waals surface area contributed by atoms with Crippen LogP contribution in [-0.4, -0.2) is 54.4 Å². The number of carbonyl (C=O) groups excluding carboxylic acids is 2. The van der Waals surface area contributed by atoms with Crippen LogP contribution in [0, 0.1) is 0 Å². The van der Waals surface area contributed by atoms with E-state index in [4.69, 9.17) is 4.74 Å². The largest absolute Gasteiger partial charge is 0.484 e. The number of ether oxygens (including phenoxy) is 1. The third-order valence-electron chi connectivity index (χ3n) is 6.17. The lowest BCUT2D eigenvalue weighted by Crippen LogP contribution is -2.46. The molecule has 1 N–H and O–H groups in total. The average Bonchev–Trinajstić information content (AvgIpc) is 2.97. The van der Waals surface area contributed by atoms with E-state index >= 15 is 0 Å². The van der Waals surface area contributed by atoms with E-state index < -0.39 is 0 Å². The van der Waals surface area contributed by atoms with Crippen LogP contribution < -0.4 is 19.9 Å². The number of ketones is 1. The number of hydrogen-bond donors (Lipinski definition) is 1. The highest BCUT2D eigenvalue weighted by Crippen LogP contribution is 2.20. The third kappa shape index (κ3) is 6.10. The van der Waals surface area contributed by atoms with Crippen LogP contribution in [0.4, 0.5) is 17.3 Å². The molecule has 186 valence electrons. The summed E-state index contributed by atoms with van der Waals surface area (Å²) in [6.45, 7) is 3.25. The number of nitrogens with one attached hydrogen (secondary N) is 1. The molecule has 1 amide bonds. The standard InChI is InChI=1S/C29H27N5O3/c35-28(20-37-25-13-11-23(12-14-25)29(36)22-7-3-1-4-8-22)32-26-19-27(31-21-30-26)34-17-15-33(16-18-34)24-9-5-2-6-10-24/h1-14,19,21H,15-18,20H2,(H,30,31,32,35). The number of benzene rings is 3. The van der Waals surface area contributed by atoms with Gasteiger partial charge in [-0.2, -0.15) is 0 Å². The van der Waals surface area contributed by atoms with Gasteiger partial charge in [0.25, 0.3) is 5.91 Å². The Hall–Kier alpha value is -4.72. The van der Waals surface area contributed by atoms with Gasteiger partial charge in [-0.1, -0.05) is 48.5 Å². The molecule has 5 rings (SSSR count). The van der Waals surface area contributed by atoms with Gasteiger partial charge in [-0.3, -0.25) is 9.59 Å². The van der Waals surface area contributed by atoms with Crippen molar-refractivity contribution in [2.24, 2.45) is 0 Å². The molecule has 2 heterocycles. The Balaban J connectivity index is 1.12. The molecule has 0 bridgehead atoms. The van der Waals surface area contributed by atoms with Crippen molar-refractivity contribution < 1.29 is 14.3 Å². The summed E-state index contributed by atoms with van der Waals surface area (Å²) in [5, 5.41) is 2.77. The molecular weight excluding hydrogens is 466 g/mol. The van der Waals surface area contributed by atoms with Crippen LogP contribution in [0.2, 0.25) is 0 Å². The lowest BCUT2D eigenvalue weighted by Gasteiger charge is -2.36. The molecule has 3 aromatic carbocycles. The first-order chi connectivity index (χ1) is 18.2. The Bertz CT molecular complexity index is 1340. The highest BCUT2D eigenvalue weighted by atomic mass is 16.5. The van der Waals surface area contributed by atoms with E-state index in [2.05, 4.69) is 37.2 Å². The summed E-state index contributed by atoms with van der Waals surface area (Å²) in [5.41, 5.74) is 2.40.